The van der Waals surface area contributed by atoms with Crippen molar-refractivity contribution in [2.24, 2.45) is 16.8 Å². The molecular formula is C14H16N2O3S2. The van der Waals surface area contributed by atoms with Gasteiger partial charge in [0, 0.05) is 10.6 Å². The highest BCUT2D eigenvalue weighted by molar-refractivity contribution is 7.89. The highest BCUT2D eigenvalue weighted by Gasteiger charge is 2.34. The second-order valence-electron chi connectivity index (χ2n) is 5.44. The smallest absolute Gasteiger partial charge is 0.238 e. The van der Waals surface area contributed by atoms with Crippen molar-refractivity contribution < 1.29 is 13.2 Å². The van der Waals surface area contributed by atoms with Gasteiger partial charge in [-0.1, -0.05) is 12.5 Å². The second kappa shape index (κ2) is 5.08. The van der Waals surface area contributed by atoms with Gasteiger partial charge in [0.25, 0.3) is 0 Å². The lowest BCUT2D eigenvalue weighted by molar-refractivity contribution is -0.122. The summed E-state index contributed by atoms with van der Waals surface area (Å²) >= 11 is 1.47. The van der Waals surface area contributed by atoms with Crippen LogP contribution < -0.4 is 10.9 Å². The number of hydrogen-bond donors (Lipinski definition) is 2. The number of sulfonamides is 1. The van der Waals surface area contributed by atoms with Gasteiger partial charge in [-0.05, 0) is 47.2 Å². The Morgan fingerprint density at radius 1 is 1.29 bits per heavy atom. The number of carbonyl (C=O) groups excluding carboxylic acids is 1. The minimum absolute atomic E-state index is 0.112. The van der Waals surface area contributed by atoms with Crippen molar-refractivity contribution >= 4 is 37.4 Å². The summed E-state index contributed by atoms with van der Waals surface area (Å²) in [6, 6.07) is 4.88. The molecule has 7 heteroatoms. The Morgan fingerprint density at radius 3 is 2.71 bits per heavy atom. The summed E-state index contributed by atoms with van der Waals surface area (Å²) < 4.78 is 23.7. The van der Waals surface area contributed by atoms with Gasteiger partial charge in [-0.2, -0.15) is 0 Å². The topological polar surface area (TPSA) is 103 Å². The first-order chi connectivity index (χ1) is 9.88. The number of benzene rings is 1. The fraction of sp³-hybridized carbons (Fsp3) is 0.357. The molecule has 112 valence electrons. The number of carbonyl (C=O) groups is 1. The van der Waals surface area contributed by atoms with E-state index in [1.807, 2.05) is 5.38 Å². The molecule has 0 spiro atoms. The Labute approximate surface area is 127 Å². The molecule has 4 N–H and O–H groups in total. The van der Waals surface area contributed by atoms with Crippen LogP contribution in [0.1, 0.15) is 30.7 Å². The predicted octanol–water partition coefficient (Wildman–Crippen LogP) is 1.92. The molecule has 1 aliphatic carbocycles. The van der Waals surface area contributed by atoms with Crippen molar-refractivity contribution in [2.45, 2.75) is 30.1 Å². The molecule has 1 saturated carbocycles. The summed E-state index contributed by atoms with van der Waals surface area (Å²) in [5.74, 6) is -0.240. The molecule has 2 atom stereocenters. The summed E-state index contributed by atoms with van der Waals surface area (Å²) in [5, 5.41) is 8.15. The van der Waals surface area contributed by atoms with Crippen LogP contribution in [0.15, 0.2) is 28.5 Å². The Hall–Kier alpha value is -1.44. The van der Waals surface area contributed by atoms with E-state index in [0.29, 0.717) is 0 Å². The Bertz CT molecular complexity index is 811. The molecule has 1 aliphatic rings. The van der Waals surface area contributed by atoms with Crippen LogP contribution in [-0.2, 0) is 14.8 Å². The molecule has 3 rings (SSSR count). The third-order valence-electron chi connectivity index (χ3n) is 4.19. The largest absolute Gasteiger partial charge is 0.369 e. The van der Waals surface area contributed by atoms with Crippen molar-refractivity contribution in [2.75, 3.05) is 0 Å². The van der Waals surface area contributed by atoms with Crippen molar-refractivity contribution in [3.8, 4) is 0 Å². The van der Waals surface area contributed by atoms with E-state index in [9.17, 15) is 13.2 Å². The average Bonchev–Trinajstić information content (AvgIpc) is 3.02. The molecule has 0 unspecified atom stereocenters. The molecule has 0 saturated heterocycles. The van der Waals surface area contributed by atoms with Crippen molar-refractivity contribution in [1.29, 1.82) is 0 Å². The van der Waals surface area contributed by atoms with E-state index in [1.165, 1.54) is 17.4 Å². The van der Waals surface area contributed by atoms with E-state index < -0.39 is 10.0 Å². The molecule has 1 fully saturated rings. The first kappa shape index (κ1) is 14.5. The molecule has 0 aliphatic heterocycles. The Kier molecular flexibility index (Phi) is 3.51. The van der Waals surface area contributed by atoms with Gasteiger partial charge in [0.1, 0.15) is 0 Å². The lowest BCUT2D eigenvalue weighted by atomic mass is 9.88. The molecule has 1 aromatic heterocycles. The summed E-state index contributed by atoms with van der Waals surface area (Å²) in [5.41, 5.74) is 6.58. The highest BCUT2D eigenvalue weighted by atomic mass is 32.2. The number of thiophene rings is 1. The molecule has 5 nitrogen and oxygen atoms in total. The summed E-state index contributed by atoms with van der Waals surface area (Å²) in [7, 11) is -3.70. The van der Waals surface area contributed by atoms with E-state index in [1.54, 1.807) is 12.1 Å². The molecule has 1 heterocycles. The maximum Gasteiger partial charge on any atom is 0.238 e. The molecule has 1 aromatic carbocycles. The van der Waals surface area contributed by atoms with Crippen molar-refractivity contribution in [3.05, 3.63) is 29.1 Å². The van der Waals surface area contributed by atoms with Crippen LogP contribution in [-0.4, -0.2) is 14.3 Å². The highest BCUT2D eigenvalue weighted by Crippen LogP contribution is 2.44. The maximum absolute atomic E-state index is 11.6. The Morgan fingerprint density at radius 2 is 2.05 bits per heavy atom. The number of rotatable bonds is 3. The van der Waals surface area contributed by atoms with Crippen LogP contribution in [0.25, 0.3) is 10.1 Å². The molecule has 2 aromatic rings. The normalized spacial score (nSPS) is 22.7. The van der Waals surface area contributed by atoms with E-state index in [4.69, 9.17) is 10.9 Å². The van der Waals surface area contributed by atoms with E-state index in [-0.39, 0.29) is 22.6 Å². The molecule has 0 bridgehead atoms. The number of hydrogen-bond acceptors (Lipinski definition) is 4. The SMILES string of the molecule is NC(=O)[C@H]1CCC[C@H]1c1csc2cc(S(N)(=O)=O)ccc12. The minimum atomic E-state index is -3.70. The van der Waals surface area contributed by atoms with Crippen molar-refractivity contribution in [1.82, 2.24) is 0 Å². The zero-order valence-corrected chi connectivity index (χ0v) is 12.9. The van der Waals surface area contributed by atoms with Crippen LogP contribution in [0.4, 0.5) is 0 Å². The van der Waals surface area contributed by atoms with E-state index >= 15 is 0 Å². The summed E-state index contributed by atoms with van der Waals surface area (Å²) in [4.78, 5) is 11.7. The minimum Gasteiger partial charge on any atom is -0.369 e. The number of fused-ring (bicyclic) bond motifs is 1. The van der Waals surface area contributed by atoms with Gasteiger partial charge < -0.3 is 5.73 Å². The summed E-state index contributed by atoms with van der Waals surface area (Å²) in [6.45, 7) is 0. The van der Waals surface area contributed by atoms with E-state index in [2.05, 4.69) is 0 Å². The van der Waals surface area contributed by atoms with Crippen LogP contribution in [0.5, 0.6) is 0 Å². The average molecular weight is 324 g/mol. The maximum atomic E-state index is 11.6. The first-order valence-electron chi connectivity index (χ1n) is 6.71. The van der Waals surface area contributed by atoms with E-state index in [0.717, 1.165) is 34.9 Å². The van der Waals surface area contributed by atoms with Gasteiger partial charge in [-0.3, -0.25) is 4.79 Å². The quantitative estimate of drug-likeness (QED) is 0.901. The van der Waals surface area contributed by atoms with Crippen LogP contribution in [0, 0.1) is 5.92 Å². The van der Waals surface area contributed by atoms with Gasteiger partial charge in [0.2, 0.25) is 15.9 Å². The van der Waals surface area contributed by atoms with Gasteiger partial charge in [0.05, 0.1) is 4.90 Å². The van der Waals surface area contributed by atoms with Crippen LogP contribution in [0.3, 0.4) is 0 Å². The van der Waals surface area contributed by atoms with Gasteiger partial charge in [0.15, 0.2) is 0 Å². The third-order valence-corrected chi connectivity index (χ3v) is 6.06. The zero-order chi connectivity index (χ0) is 15.2. The zero-order valence-electron chi connectivity index (χ0n) is 11.3. The number of nitrogens with two attached hydrogens (primary N) is 2. The molecular weight excluding hydrogens is 308 g/mol. The number of amides is 1. The molecule has 0 radical (unpaired) electrons. The molecule has 1 amide bonds. The van der Waals surface area contributed by atoms with Crippen molar-refractivity contribution in [3.63, 3.8) is 0 Å². The van der Waals surface area contributed by atoms with Crippen LogP contribution >= 0.6 is 11.3 Å². The second-order valence-corrected chi connectivity index (χ2v) is 7.91. The van der Waals surface area contributed by atoms with Gasteiger partial charge in [-0.15, -0.1) is 11.3 Å². The number of primary sulfonamides is 1. The van der Waals surface area contributed by atoms with Gasteiger partial charge >= 0.3 is 0 Å². The lowest BCUT2D eigenvalue weighted by Crippen LogP contribution is -2.25. The first-order valence-corrected chi connectivity index (χ1v) is 9.14. The fourth-order valence-electron chi connectivity index (χ4n) is 3.17. The third kappa shape index (κ3) is 2.56. The predicted molar refractivity (Wildman–Crippen MR) is 82.5 cm³/mol. The standard InChI is InChI=1S/C14H16N2O3S2/c15-14(17)11-3-1-2-9(11)12-7-20-13-6-8(21(16,18)19)4-5-10(12)13/h4-7,9,11H,1-3H2,(H2,15,17)(H2,16,18,19)/t9-,11+/m1/s1. The Balaban J connectivity index is 2.07. The molecule has 21 heavy (non-hydrogen) atoms. The number of primary amides is 1. The summed E-state index contributed by atoms with van der Waals surface area (Å²) in [6.07, 6.45) is 2.76. The monoisotopic (exact) mass is 324 g/mol. The van der Waals surface area contributed by atoms with Crippen LogP contribution in [0.2, 0.25) is 0 Å². The lowest BCUT2D eigenvalue weighted by Gasteiger charge is -2.16. The van der Waals surface area contributed by atoms with Gasteiger partial charge in [-0.25, -0.2) is 13.6 Å². The fourth-order valence-corrected chi connectivity index (χ4v) is 4.84.